The average molecular weight is 386 g/mol. The van der Waals surface area contributed by atoms with Crippen molar-refractivity contribution in [1.82, 2.24) is 10.3 Å². The van der Waals surface area contributed by atoms with Gasteiger partial charge in [0.2, 0.25) is 5.91 Å². The quantitative estimate of drug-likeness (QED) is 0.760. The normalized spacial score (nSPS) is 23.0. The zero-order valence-corrected chi connectivity index (χ0v) is 16.1. The summed E-state index contributed by atoms with van der Waals surface area (Å²) < 4.78 is 11.0. The number of carbonyl (C=O) groups excluding carboxylic acids is 2. The Kier molecular flexibility index (Phi) is 5.59. The topological polar surface area (TPSA) is 96.7 Å². The first-order chi connectivity index (χ1) is 13.7. The number of anilines is 2. The van der Waals surface area contributed by atoms with Gasteiger partial charge in [-0.05, 0) is 44.9 Å². The molecular formula is C20H26N4O4. The van der Waals surface area contributed by atoms with E-state index in [1.165, 1.54) is 0 Å². The third kappa shape index (κ3) is 3.74. The van der Waals surface area contributed by atoms with Crippen LogP contribution < -0.4 is 15.5 Å². The molecule has 0 spiro atoms. The fraction of sp³-hybridized carbons (Fsp3) is 0.550. The van der Waals surface area contributed by atoms with Crippen LogP contribution in [0.3, 0.4) is 0 Å². The predicted octanol–water partition coefficient (Wildman–Crippen LogP) is 2.19. The molecule has 1 amide bonds. The lowest BCUT2D eigenvalue weighted by atomic mass is 9.85. The van der Waals surface area contributed by atoms with E-state index in [9.17, 15) is 9.59 Å². The Hall–Kier alpha value is -2.45. The van der Waals surface area contributed by atoms with Gasteiger partial charge < -0.3 is 24.7 Å². The molecule has 1 saturated carbocycles. The first-order valence-corrected chi connectivity index (χ1v) is 9.89. The van der Waals surface area contributed by atoms with Crippen LogP contribution in [0.15, 0.2) is 16.5 Å². The molecule has 1 saturated heterocycles. The number of rotatable bonds is 5. The second kappa shape index (κ2) is 8.28. The number of nitrogens with one attached hydrogen (secondary N) is 2. The van der Waals surface area contributed by atoms with Gasteiger partial charge >= 0.3 is 0 Å². The molecule has 1 aliphatic carbocycles. The number of amides is 1. The molecule has 28 heavy (non-hydrogen) atoms. The first-order valence-electron chi connectivity index (χ1n) is 9.89. The number of hydrogen-bond donors (Lipinski definition) is 2. The van der Waals surface area contributed by atoms with Crippen LogP contribution in [0.1, 0.15) is 36.2 Å². The lowest BCUT2D eigenvalue weighted by molar-refractivity contribution is -0.120. The van der Waals surface area contributed by atoms with Crippen LogP contribution >= 0.6 is 0 Å². The number of carbonyl (C=O) groups is 2. The van der Waals surface area contributed by atoms with Crippen LogP contribution in [-0.4, -0.2) is 56.6 Å². The largest absolute Gasteiger partial charge is 0.449 e. The van der Waals surface area contributed by atoms with E-state index in [1.807, 2.05) is 13.1 Å². The molecule has 0 radical (unpaired) electrons. The highest BCUT2D eigenvalue weighted by Crippen LogP contribution is 2.32. The molecule has 8 nitrogen and oxygen atoms in total. The van der Waals surface area contributed by atoms with E-state index in [0.717, 1.165) is 44.6 Å². The molecular weight excluding hydrogens is 360 g/mol. The maximum Gasteiger partial charge on any atom is 0.227 e. The number of pyridine rings is 1. The Labute approximate surface area is 163 Å². The van der Waals surface area contributed by atoms with Gasteiger partial charge in [0.1, 0.15) is 17.0 Å². The van der Waals surface area contributed by atoms with Crippen molar-refractivity contribution >= 4 is 34.8 Å². The summed E-state index contributed by atoms with van der Waals surface area (Å²) in [4.78, 5) is 31.1. The molecule has 0 bridgehead atoms. The molecule has 0 unspecified atom stereocenters. The summed E-state index contributed by atoms with van der Waals surface area (Å²) in [5, 5.41) is 6.20. The van der Waals surface area contributed by atoms with Gasteiger partial charge in [0, 0.05) is 25.0 Å². The Bertz CT molecular complexity index is 851. The standard InChI is InChI=1S/C20H26N4O4/c1-21-14-4-2-13(3-5-14)20(26)23-19-16(12-25)28-15-6-7-17(22-18(15)19)24-8-10-27-11-9-24/h6-7,12-14,21H,2-5,8-11H2,1H3,(H,23,26). The lowest BCUT2D eigenvalue weighted by Gasteiger charge is -2.28. The van der Waals surface area contributed by atoms with Crippen LogP contribution in [0.2, 0.25) is 0 Å². The number of ether oxygens (including phenoxy) is 1. The molecule has 0 atom stereocenters. The zero-order valence-electron chi connectivity index (χ0n) is 16.1. The molecule has 3 heterocycles. The van der Waals surface area contributed by atoms with Crippen molar-refractivity contribution in [3.05, 3.63) is 17.9 Å². The molecule has 1 aliphatic heterocycles. The molecule has 2 aliphatic rings. The SMILES string of the molecule is CNC1CCC(C(=O)Nc2c(C=O)oc3ccc(N4CCOCC4)nc23)CC1. The van der Waals surface area contributed by atoms with E-state index in [4.69, 9.17) is 9.15 Å². The van der Waals surface area contributed by atoms with Gasteiger partial charge in [0.05, 0.1) is 13.2 Å². The summed E-state index contributed by atoms with van der Waals surface area (Å²) in [6, 6.07) is 4.15. The minimum absolute atomic E-state index is 0.0588. The summed E-state index contributed by atoms with van der Waals surface area (Å²) in [7, 11) is 1.96. The van der Waals surface area contributed by atoms with Crippen molar-refractivity contribution in [2.75, 3.05) is 43.6 Å². The van der Waals surface area contributed by atoms with Gasteiger partial charge in [-0.1, -0.05) is 0 Å². The van der Waals surface area contributed by atoms with E-state index >= 15 is 0 Å². The molecule has 150 valence electrons. The summed E-state index contributed by atoms with van der Waals surface area (Å²) >= 11 is 0. The Morgan fingerprint density at radius 2 is 1.96 bits per heavy atom. The van der Waals surface area contributed by atoms with Crippen molar-refractivity contribution in [3.8, 4) is 0 Å². The molecule has 0 aromatic carbocycles. The third-order valence-corrected chi connectivity index (χ3v) is 5.74. The maximum absolute atomic E-state index is 12.8. The average Bonchev–Trinajstić information content (AvgIpc) is 3.11. The molecule has 4 rings (SSSR count). The molecule has 8 heteroatoms. The van der Waals surface area contributed by atoms with Crippen LogP contribution in [0.5, 0.6) is 0 Å². The minimum Gasteiger partial charge on any atom is -0.449 e. The van der Waals surface area contributed by atoms with Gasteiger partial charge in [-0.25, -0.2) is 4.98 Å². The predicted molar refractivity (Wildman–Crippen MR) is 106 cm³/mol. The third-order valence-electron chi connectivity index (χ3n) is 5.74. The van der Waals surface area contributed by atoms with E-state index in [1.54, 1.807) is 6.07 Å². The number of hydrogen-bond acceptors (Lipinski definition) is 7. The highest BCUT2D eigenvalue weighted by Gasteiger charge is 2.28. The smallest absolute Gasteiger partial charge is 0.227 e. The zero-order chi connectivity index (χ0) is 19.5. The summed E-state index contributed by atoms with van der Waals surface area (Å²) in [5.41, 5.74) is 1.39. The molecule has 2 aromatic heterocycles. The van der Waals surface area contributed by atoms with Crippen LogP contribution in [0, 0.1) is 5.92 Å². The van der Waals surface area contributed by atoms with Crippen LogP contribution in [0.4, 0.5) is 11.5 Å². The van der Waals surface area contributed by atoms with E-state index < -0.39 is 0 Å². The van der Waals surface area contributed by atoms with Crippen molar-refractivity contribution in [3.63, 3.8) is 0 Å². The van der Waals surface area contributed by atoms with Crippen LogP contribution in [-0.2, 0) is 9.53 Å². The van der Waals surface area contributed by atoms with Gasteiger partial charge in [0.15, 0.2) is 17.6 Å². The van der Waals surface area contributed by atoms with Crippen molar-refractivity contribution in [2.45, 2.75) is 31.7 Å². The molecule has 2 fully saturated rings. The summed E-state index contributed by atoms with van der Waals surface area (Å²) in [5.74, 6) is 0.772. The van der Waals surface area contributed by atoms with Gasteiger partial charge in [0.25, 0.3) is 0 Å². The summed E-state index contributed by atoms with van der Waals surface area (Å²) in [6.45, 7) is 2.83. The van der Waals surface area contributed by atoms with Crippen molar-refractivity contribution in [1.29, 1.82) is 0 Å². The first kappa shape index (κ1) is 18.9. The molecule has 2 aromatic rings. The van der Waals surface area contributed by atoms with E-state index in [0.29, 0.717) is 42.3 Å². The number of nitrogens with zero attached hydrogens (tertiary/aromatic N) is 2. The Morgan fingerprint density at radius 3 is 2.64 bits per heavy atom. The van der Waals surface area contributed by atoms with Crippen molar-refractivity contribution < 1.29 is 18.7 Å². The van der Waals surface area contributed by atoms with Gasteiger partial charge in [-0.2, -0.15) is 0 Å². The number of fused-ring (bicyclic) bond motifs is 1. The van der Waals surface area contributed by atoms with Gasteiger partial charge in [-0.15, -0.1) is 0 Å². The second-order valence-corrected chi connectivity index (χ2v) is 7.40. The Balaban J connectivity index is 1.58. The minimum atomic E-state index is -0.0704. The fourth-order valence-electron chi connectivity index (χ4n) is 4.03. The summed E-state index contributed by atoms with van der Waals surface area (Å²) in [6.07, 6.45) is 4.23. The van der Waals surface area contributed by atoms with E-state index in [-0.39, 0.29) is 17.6 Å². The molecule has 2 N–H and O–H groups in total. The number of aromatic nitrogens is 1. The van der Waals surface area contributed by atoms with Crippen molar-refractivity contribution in [2.24, 2.45) is 5.92 Å². The monoisotopic (exact) mass is 386 g/mol. The number of furan rings is 1. The second-order valence-electron chi connectivity index (χ2n) is 7.40. The number of morpholine rings is 1. The highest BCUT2D eigenvalue weighted by atomic mass is 16.5. The lowest BCUT2D eigenvalue weighted by Crippen LogP contribution is -2.36. The maximum atomic E-state index is 12.8. The highest BCUT2D eigenvalue weighted by molar-refractivity contribution is 6.05. The number of aldehydes is 1. The van der Waals surface area contributed by atoms with Crippen LogP contribution in [0.25, 0.3) is 11.1 Å². The Morgan fingerprint density at radius 1 is 1.21 bits per heavy atom. The van der Waals surface area contributed by atoms with E-state index in [2.05, 4.69) is 20.5 Å². The fourth-order valence-corrected chi connectivity index (χ4v) is 4.03. The van der Waals surface area contributed by atoms with Gasteiger partial charge in [-0.3, -0.25) is 9.59 Å².